The molecule has 5 rings (SSSR count). The van der Waals surface area contributed by atoms with E-state index in [0.717, 1.165) is 35.7 Å². The second-order valence-electron chi connectivity index (χ2n) is 8.47. The lowest BCUT2D eigenvalue weighted by Gasteiger charge is -2.13. The summed E-state index contributed by atoms with van der Waals surface area (Å²) in [7, 11) is 0. The summed E-state index contributed by atoms with van der Waals surface area (Å²) in [5, 5.41) is 12.5. The minimum atomic E-state index is -0.247. The van der Waals surface area contributed by atoms with Crippen LogP contribution >= 0.6 is 0 Å². The molecule has 0 aliphatic heterocycles. The molecule has 0 bridgehead atoms. The molecule has 2 aromatic heterocycles. The Morgan fingerprint density at radius 3 is 2.87 bits per heavy atom. The first-order valence-corrected chi connectivity index (χ1v) is 10.5. The van der Waals surface area contributed by atoms with E-state index in [1.807, 2.05) is 12.1 Å². The average molecular weight is 412 g/mol. The van der Waals surface area contributed by atoms with E-state index in [0.29, 0.717) is 35.6 Å². The molecule has 31 heavy (non-hydrogen) atoms. The standard InChI is InChI=1S/C25H21FN4O/c26-20-2-3-23-22(12-20)21(5-6-28-23)19-10-17-7-16(8-18(17)11-19)9-25(31)30-24-4-1-15(13-27)14-29-24/h1-6,10,12,14,16-18H,7-9,11H2,(H,29,30,31)/t16-,17-,18?/m0/s1. The smallest absolute Gasteiger partial charge is 0.225 e. The average Bonchev–Trinajstić information content (AvgIpc) is 3.32. The molecule has 0 spiro atoms. The highest BCUT2D eigenvalue weighted by atomic mass is 19.1. The Balaban J connectivity index is 1.24. The molecule has 0 saturated heterocycles. The van der Waals surface area contributed by atoms with Gasteiger partial charge in [-0.1, -0.05) is 6.08 Å². The zero-order valence-corrected chi connectivity index (χ0v) is 16.9. The molecule has 2 heterocycles. The number of rotatable bonds is 4. The van der Waals surface area contributed by atoms with Gasteiger partial charge in [0.05, 0.1) is 11.1 Å². The van der Waals surface area contributed by atoms with Gasteiger partial charge in [-0.05, 0) is 84.6 Å². The Morgan fingerprint density at radius 1 is 1.19 bits per heavy atom. The van der Waals surface area contributed by atoms with Gasteiger partial charge in [0.25, 0.3) is 0 Å². The van der Waals surface area contributed by atoms with Crippen molar-refractivity contribution in [2.45, 2.75) is 25.7 Å². The van der Waals surface area contributed by atoms with E-state index in [4.69, 9.17) is 5.26 Å². The van der Waals surface area contributed by atoms with Crippen LogP contribution in [0.5, 0.6) is 0 Å². The summed E-state index contributed by atoms with van der Waals surface area (Å²) in [4.78, 5) is 20.9. The van der Waals surface area contributed by atoms with Gasteiger partial charge in [-0.3, -0.25) is 9.78 Å². The number of carbonyl (C=O) groups excluding carboxylic acids is 1. The lowest BCUT2D eigenvalue weighted by atomic mass is 9.94. The van der Waals surface area contributed by atoms with Crippen molar-refractivity contribution in [3.05, 3.63) is 71.8 Å². The SMILES string of the molecule is N#Cc1ccc(NC(=O)C[C@@H]2CC3CC(c4ccnc5ccc(F)cc45)=C[C@@H]3C2)nc1. The first-order valence-electron chi connectivity index (χ1n) is 10.5. The Hall–Kier alpha value is -3.59. The number of hydrogen-bond donors (Lipinski definition) is 1. The van der Waals surface area contributed by atoms with Crippen LogP contribution in [0, 0.1) is 34.9 Å². The van der Waals surface area contributed by atoms with E-state index in [1.165, 1.54) is 17.8 Å². The van der Waals surface area contributed by atoms with Gasteiger partial charge in [-0.25, -0.2) is 9.37 Å². The first-order chi connectivity index (χ1) is 15.1. The zero-order valence-electron chi connectivity index (χ0n) is 16.9. The normalized spacial score (nSPS) is 22.1. The van der Waals surface area contributed by atoms with Gasteiger partial charge >= 0.3 is 0 Å². The van der Waals surface area contributed by atoms with E-state index in [1.54, 1.807) is 30.5 Å². The summed E-state index contributed by atoms with van der Waals surface area (Å²) in [6.45, 7) is 0. The third-order valence-electron chi connectivity index (χ3n) is 6.43. The molecule has 1 unspecified atom stereocenters. The molecule has 3 atom stereocenters. The number of allylic oxidation sites excluding steroid dienone is 2. The van der Waals surface area contributed by atoms with E-state index < -0.39 is 0 Å². The van der Waals surface area contributed by atoms with Crippen molar-refractivity contribution in [2.75, 3.05) is 5.32 Å². The summed E-state index contributed by atoms with van der Waals surface area (Å²) in [6, 6.07) is 12.0. The van der Waals surface area contributed by atoms with Gasteiger partial charge in [0.15, 0.2) is 0 Å². The number of hydrogen-bond acceptors (Lipinski definition) is 4. The van der Waals surface area contributed by atoms with Crippen LogP contribution in [-0.2, 0) is 4.79 Å². The van der Waals surface area contributed by atoms with Crippen LogP contribution in [0.3, 0.4) is 0 Å². The molecule has 0 radical (unpaired) electrons. The van der Waals surface area contributed by atoms with E-state index in [-0.39, 0.29) is 11.7 Å². The highest BCUT2D eigenvalue weighted by Crippen LogP contribution is 2.49. The monoisotopic (exact) mass is 412 g/mol. The number of amides is 1. The van der Waals surface area contributed by atoms with Gasteiger partial charge in [0.1, 0.15) is 17.7 Å². The highest BCUT2D eigenvalue weighted by Gasteiger charge is 2.38. The third kappa shape index (κ3) is 3.91. The minimum absolute atomic E-state index is 0.0398. The Bertz CT molecular complexity index is 1230. The number of anilines is 1. The fourth-order valence-corrected chi connectivity index (χ4v) is 5.08. The molecule has 154 valence electrons. The minimum Gasteiger partial charge on any atom is -0.311 e. The number of benzene rings is 1. The van der Waals surface area contributed by atoms with Crippen LogP contribution in [-0.4, -0.2) is 15.9 Å². The Kier molecular flexibility index (Phi) is 4.95. The van der Waals surface area contributed by atoms with Crippen molar-refractivity contribution in [1.29, 1.82) is 5.26 Å². The number of fused-ring (bicyclic) bond motifs is 2. The summed E-state index contributed by atoms with van der Waals surface area (Å²) >= 11 is 0. The molecule has 2 aliphatic rings. The lowest BCUT2D eigenvalue weighted by Crippen LogP contribution is -2.16. The molecule has 1 saturated carbocycles. The molecule has 2 aliphatic carbocycles. The number of carbonyl (C=O) groups is 1. The Labute approximate surface area is 179 Å². The highest BCUT2D eigenvalue weighted by molar-refractivity contribution is 5.92. The van der Waals surface area contributed by atoms with Crippen molar-refractivity contribution < 1.29 is 9.18 Å². The number of halogens is 1. The summed E-state index contributed by atoms with van der Waals surface area (Å²) in [6.07, 6.45) is 8.99. The quantitative estimate of drug-likeness (QED) is 0.647. The molecule has 1 N–H and O–H groups in total. The molecule has 3 aromatic rings. The molecule has 1 amide bonds. The second kappa shape index (κ2) is 7.92. The topological polar surface area (TPSA) is 78.7 Å². The molecule has 1 fully saturated rings. The van der Waals surface area contributed by atoms with Crippen LogP contribution in [0.15, 0.2) is 54.9 Å². The van der Waals surface area contributed by atoms with Crippen LogP contribution in [0.2, 0.25) is 0 Å². The van der Waals surface area contributed by atoms with Crippen LogP contribution < -0.4 is 5.32 Å². The number of aromatic nitrogens is 2. The van der Waals surface area contributed by atoms with E-state index in [2.05, 4.69) is 21.4 Å². The maximum Gasteiger partial charge on any atom is 0.225 e. The summed E-state index contributed by atoms with van der Waals surface area (Å²) < 4.78 is 13.8. The molecule has 6 heteroatoms. The molecule has 1 aromatic carbocycles. The lowest BCUT2D eigenvalue weighted by molar-refractivity contribution is -0.117. The number of pyridine rings is 2. The number of nitrogens with zero attached hydrogens (tertiary/aromatic N) is 3. The summed E-state index contributed by atoms with van der Waals surface area (Å²) in [5.41, 5.74) is 3.61. The fourth-order valence-electron chi connectivity index (χ4n) is 5.08. The fraction of sp³-hybridized carbons (Fsp3) is 0.280. The van der Waals surface area contributed by atoms with Crippen molar-refractivity contribution in [1.82, 2.24) is 9.97 Å². The predicted octanol–water partition coefficient (Wildman–Crippen LogP) is 5.10. The maximum atomic E-state index is 13.8. The zero-order chi connectivity index (χ0) is 21.4. The predicted molar refractivity (Wildman–Crippen MR) is 116 cm³/mol. The van der Waals surface area contributed by atoms with E-state index >= 15 is 0 Å². The van der Waals surface area contributed by atoms with Crippen LogP contribution in [0.4, 0.5) is 10.2 Å². The Morgan fingerprint density at radius 2 is 2.10 bits per heavy atom. The van der Waals surface area contributed by atoms with Crippen molar-refractivity contribution >= 4 is 28.2 Å². The van der Waals surface area contributed by atoms with Gasteiger partial charge in [-0.15, -0.1) is 0 Å². The maximum absolute atomic E-state index is 13.8. The first kappa shape index (κ1) is 19.4. The third-order valence-corrected chi connectivity index (χ3v) is 6.43. The van der Waals surface area contributed by atoms with Crippen molar-refractivity contribution in [3.8, 4) is 6.07 Å². The van der Waals surface area contributed by atoms with Gasteiger partial charge < -0.3 is 5.32 Å². The molecule has 5 nitrogen and oxygen atoms in total. The van der Waals surface area contributed by atoms with Crippen LogP contribution in [0.25, 0.3) is 16.5 Å². The van der Waals surface area contributed by atoms with Crippen molar-refractivity contribution in [2.24, 2.45) is 17.8 Å². The van der Waals surface area contributed by atoms with Gasteiger partial charge in [0, 0.05) is 24.2 Å². The second-order valence-corrected chi connectivity index (χ2v) is 8.47. The van der Waals surface area contributed by atoms with Crippen molar-refractivity contribution in [3.63, 3.8) is 0 Å². The number of nitriles is 1. The van der Waals surface area contributed by atoms with Crippen LogP contribution in [0.1, 0.15) is 36.8 Å². The summed E-state index contributed by atoms with van der Waals surface area (Å²) in [5.74, 6) is 1.51. The van der Waals surface area contributed by atoms with Gasteiger partial charge in [-0.2, -0.15) is 5.26 Å². The largest absolute Gasteiger partial charge is 0.311 e. The molecular weight excluding hydrogens is 391 g/mol. The molecular formula is C25H21FN4O. The van der Waals surface area contributed by atoms with Gasteiger partial charge in [0.2, 0.25) is 5.91 Å². The number of nitrogens with one attached hydrogen (secondary N) is 1. The van der Waals surface area contributed by atoms with E-state index in [9.17, 15) is 9.18 Å².